The molecule has 2 saturated heterocycles. The van der Waals surface area contributed by atoms with Gasteiger partial charge in [-0.3, -0.25) is 19.5 Å². The third-order valence-corrected chi connectivity index (χ3v) is 8.97. The second kappa shape index (κ2) is 11.8. The lowest BCUT2D eigenvalue weighted by molar-refractivity contribution is -0.140. The quantitative estimate of drug-likeness (QED) is 0.209. The van der Waals surface area contributed by atoms with E-state index < -0.39 is 25.1 Å². The first-order valence-corrected chi connectivity index (χ1v) is 14.7. The SMILES string of the molecule is CCCN1C(=O)[C@@H]2[C@@H](CC(CO)=C3[C@@H](CC/C(=C/c4ccc(O)c5ccccc45)c4ccccn4)OB(O)C[C@@H]32)C1=O. The topological polar surface area (TPSA) is 120 Å². The lowest BCUT2D eigenvalue weighted by Crippen LogP contribution is -2.46. The smallest absolute Gasteiger partial charge is 0.455 e. The van der Waals surface area contributed by atoms with Crippen LogP contribution in [-0.4, -0.2) is 63.3 Å². The van der Waals surface area contributed by atoms with Crippen LogP contribution in [-0.2, 0) is 14.2 Å². The van der Waals surface area contributed by atoms with Crippen LogP contribution in [0.2, 0.25) is 6.32 Å². The molecule has 2 amide bonds. The number of rotatable bonds is 8. The largest absolute Gasteiger partial charge is 0.507 e. The number of aliphatic hydroxyl groups excluding tert-OH is 1. The molecule has 3 aliphatic rings. The number of aromatic hydroxyl groups is 1. The molecule has 0 spiro atoms. The first kappa shape index (κ1) is 28.3. The molecule has 1 aliphatic carbocycles. The Morgan fingerprint density at radius 1 is 1.07 bits per heavy atom. The number of carbonyl (C=O) groups excluding carboxylic acids is 2. The van der Waals surface area contributed by atoms with Gasteiger partial charge in [-0.25, -0.2) is 0 Å². The molecule has 2 fully saturated rings. The first-order chi connectivity index (χ1) is 20.4. The summed E-state index contributed by atoms with van der Waals surface area (Å²) in [5.74, 6) is -1.53. The van der Waals surface area contributed by atoms with Gasteiger partial charge in [0.25, 0.3) is 0 Å². The molecule has 42 heavy (non-hydrogen) atoms. The number of aliphatic hydroxyl groups is 1. The van der Waals surface area contributed by atoms with E-state index in [-0.39, 0.29) is 36.4 Å². The molecule has 0 unspecified atom stereocenters. The number of carbonyl (C=O) groups is 2. The Morgan fingerprint density at radius 2 is 1.86 bits per heavy atom. The normalized spacial score (nSPS) is 24.4. The summed E-state index contributed by atoms with van der Waals surface area (Å²) in [5, 5.41) is 33.3. The van der Waals surface area contributed by atoms with E-state index in [1.165, 1.54) is 4.90 Å². The minimum Gasteiger partial charge on any atom is -0.507 e. The third-order valence-electron chi connectivity index (χ3n) is 8.97. The first-order valence-electron chi connectivity index (χ1n) is 14.7. The third kappa shape index (κ3) is 5.06. The molecule has 9 heteroatoms. The van der Waals surface area contributed by atoms with Crippen molar-refractivity contribution in [1.29, 1.82) is 0 Å². The van der Waals surface area contributed by atoms with E-state index in [9.17, 15) is 24.8 Å². The highest BCUT2D eigenvalue weighted by atomic mass is 16.5. The summed E-state index contributed by atoms with van der Waals surface area (Å²) in [7, 11) is -1.08. The zero-order valence-electron chi connectivity index (χ0n) is 23.6. The molecular weight excluding hydrogens is 531 g/mol. The molecule has 2 aromatic carbocycles. The molecule has 0 radical (unpaired) electrons. The Labute approximate surface area is 245 Å². The monoisotopic (exact) mass is 566 g/mol. The van der Waals surface area contributed by atoms with Crippen LogP contribution in [0.3, 0.4) is 0 Å². The fourth-order valence-electron chi connectivity index (χ4n) is 7.15. The van der Waals surface area contributed by atoms with Gasteiger partial charge in [0.1, 0.15) is 5.75 Å². The Hall–Kier alpha value is -3.79. The molecule has 6 rings (SSSR count). The van der Waals surface area contributed by atoms with Crippen molar-refractivity contribution in [3.05, 3.63) is 83.2 Å². The number of hydrogen-bond donors (Lipinski definition) is 3. The van der Waals surface area contributed by atoms with Gasteiger partial charge in [-0.2, -0.15) is 0 Å². The number of phenols is 1. The summed E-state index contributed by atoms with van der Waals surface area (Å²) in [5.41, 5.74) is 4.29. The van der Waals surface area contributed by atoms with Gasteiger partial charge >= 0.3 is 7.12 Å². The number of fused-ring (bicyclic) bond motifs is 4. The maximum Gasteiger partial charge on any atom is 0.455 e. The predicted molar refractivity (Wildman–Crippen MR) is 161 cm³/mol. The van der Waals surface area contributed by atoms with Crippen LogP contribution >= 0.6 is 0 Å². The van der Waals surface area contributed by atoms with Crippen molar-refractivity contribution in [3.8, 4) is 5.75 Å². The molecule has 3 heterocycles. The average Bonchev–Trinajstić information content (AvgIpc) is 3.25. The zero-order chi connectivity index (χ0) is 29.4. The van der Waals surface area contributed by atoms with Gasteiger partial charge in [-0.15, -0.1) is 0 Å². The highest BCUT2D eigenvalue weighted by molar-refractivity contribution is 6.43. The van der Waals surface area contributed by atoms with E-state index in [1.54, 1.807) is 12.3 Å². The minimum atomic E-state index is -1.08. The molecule has 3 aromatic rings. The standard InChI is InChI=1S/C33H35BN2O6/c1-2-15-36-32(39)25-17-22(19-37)30-26(31(25)33(36)40)18-34(41)42-29(30)13-11-21(27-9-5-6-14-35-27)16-20-10-12-28(38)24-8-4-3-7-23(20)24/h3-10,12,14,16,25-26,29,31,37-38,41H,2,11,13,15,17-19H2,1H3/b21-16-/t25-,26+,29-,31-/m1/s1. The summed E-state index contributed by atoms with van der Waals surface area (Å²) < 4.78 is 6.09. The van der Waals surface area contributed by atoms with E-state index in [1.807, 2.05) is 55.5 Å². The van der Waals surface area contributed by atoms with Crippen LogP contribution in [0.5, 0.6) is 5.75 Å². The second-order valence-corrected chi connectivity index (χ2v) is 11.4. The lowest BCUT2D eigenvalue weighted by atomic mass is 9.58. The maximum atomic E-state index is 13.5. The van der Waals surface area contributed by atoms with E-state index in [4.69, 9.17) is 4.65 Å². The number of imide groups is 1. The van der Waals surface area contributed by atoms with Crippen LogP contribution in [0.25, 0.3) is 22.4 Å². The Bertz CT molecular complexity index is 1570. The number of hydrogen-bond acceptors (Lipinski definition) is 7. The number of nitrogens with zero attached hydrogens (tertiary/aromatic N) is 2. The lowest BCUT2D eigenvalue weighted by Gasteiger charge is -2.43. The van der Waals surface area contributed by atoms with Gasteiger partial charge in [-0.05, 0) is 89.9 Å². The van der Waals surface area contributed by atoms with Crippen LogP contribution < -0.4 is 0 Å². The van der Waals surface area contributed by atoms with Gasteiger partial charge in [-0.1, -0.05) is 43.3 Å². The van der Waals surface area contributed by atoms with Gasteiger partial charge in [0, 0.05) is 18.1 Å². The molecule has 3 N–H and O–H groups in total. The minimum absolute atomic E-state index is 0.170. The fraction of sp³-hybridized carbons (Fsp3) is 0.364. The summed E-state index contributed by atoms with van der Waals surface area (Å²) in [6, 6.07) is 17.0. The van der Waals surface area contributed by atoms with Crippen molar-refractivity contribution in [2.45, 2.75) is 45.0 Å². The molecule has 0 saturated carbocycles. The number of amides is 2. The van der Waals surface area contributed by atoms with Gasteiger partial charge < -0.3 is 19.9 Å². The Morgan fingerprint density at radius 3 is 2.60 bits per heavy atom. The number of pyridine rings is 1. The number of likely N-dealkylation sites (tertiary alicyclic amines) is 1. The van der Waals surface area contributed by atoms with Crippen molar-refractivity contribution in [1.82, 2.24) is 9.88 Å². The summed E-state index contributed by atoms with van der Waals surface area (Å²) in [6.45, 7) is 2.10. The van der Waals surface area contributed by atoms with Crippen molar-refractivity contribution in [2.75, 3.05) is 13.2 Å². The van der Waals surface area contributed by atoms with E-state index in [0.717, 1.165) is 38.7 Å². The Balaban J connectivity index is 1.35. The average molecular weight is 566 g/mol. The molecule has 0 bridgehead atoms. The van der Waals surface area contributed by atoms with Gasteiger partial charge in [0.05, 0.1) is 30.2 Å². The van der Waals surface area contributed by atoms with Crippen molar-refractivity contribution < 1.29 is 29.5 Å². The van der Waals surface area contributed by atoms with Crippen LogP contribution in [0.4, 0.5) is 0 Å². The molecule has 216 valence electrons. The predicted octanol–water partition coefficient (Wildman–Crippen LogP) is 4.46. The maximum absolute atomic E-state index is 13.5. The second-order valence-electron chi connectivity index (χ2n) is 11.4. The zero-order valence-corrected chi connectivity index (χ0v) is 23.6. The van der Waals surface area contributed by atoms with Crippen LogP contribution in [0.1, 0.15) is 43.9 Å². The fourth-order valence-corrected chi connectivity index (χ4v) is 7.15. The summed E-state index contributed by atoms with van der Waals surface area (Å²) in [6.07, 6.45) is 5.56. The van der Waals surface area contributed by atoms with Crippen LogP contribution in [0.15, 0.2) is 71.9 Å². The number of aromatic nitrogens is 1. The highest BCUT2D eigenvalue weighted by Crippen LogP contribution is 2.50. The van der Waals surface area contributed by atoms with Crippen LogP contribution in [0, 0.1) is 17.8 Å². The summed E-state index contributed by atoms with van der Waals surface area (Å²) in [4.78, 5) is 32.6. The Kier molecular flexibility index (Phi) is 7.99. The molecule has 4 atom stereocenters. The number of phenolic OH excluding ortho intramolecular Hbond substituents is 1. The summed E-state index contributed by atoms with van der Waals surface area (Å²) >= 11 is 0. The van der Waals surface area contributed by atoms with Crippen molar-refractivity contribution in [3.63, 3.8) is 0 Å². The number of benzene rings is 2. The van der Waals surface area contributed by atoms with Gasteiger partial charge in [0.2, 0.25) is 11.8 Å². The molecule has 2 aliphatic heterocycles. The van der Waals surface area contributed by atoms with Gasteiger partial charge in [0.15, 0.2) is 0 Å². The van der Waals surface area contributed by atoms with Crippen molar-refractivity contribution in [2.24, 2.45) is 17.8 Å². The number of allylic oxidation sites excluding steroid dienone is 1. The van der Waals surface area contributed by atoms with E-state index in [2.05, 4.69) is 11.1 Å². The highest BCUT2D eigenvalue weighted by Gasteiger charge is 2.57. The van der Waals surface area contributed by atoms with E-state index >= 15 is 0 Å². The molecule has 8 nitrogen and oxygen atoms in total. The molecular formula is C33H35BN2O6. The molecule has 1 aromatic heterocycles. The van der Waals surface area contributed by atoms with Crippen molar-refractivity contribution >= 4 is 41.4 Å². The van der Waals surface area contributed by atoms with E-state index in [0.29, 0.717) is 32.2 Å².